The fraction of sp³-hybridized carbons (Fsp3) is 0.118. The van der Waals surface area contributed by atoms with Crippen LogP contribution in [0.3, 0.4) is 0 Å². The fourth-order valence-corrected chi connectivity index (χ4v) is 3.13. The van der Waals surface area contributed by atoms with Crippen LogP contribution in [0.25, 0.3) is 10.9 Å². The molecule has 1 aromatic heterocycles. The van der Waals surface area contributed by atoms with Crippen LogP contribution in [0.5, 0.6) is 0 Å². The average molecular weight is 314 g/mol. The molecule has 0 spiro atoms. The summed E-state index contributed by atoms with van der Waals surface area (Å²) in [6, 6.07) is 13.8. The van der Waals surface area contributed by atoms with Crippen LogP contribution in [0.2, 0.25) is 0 Å². The molecule has 0 aliphatic heterocycles. The first-order valence-electron chi connectivity index (χ1n) is 6.85. The third-order valence-electron chi connectivity index (χ3n) is 3.39. The topological polar surface area (TPSA) is 36.1 Å². The van der Waals surface area contributed by atoms with E-state index in [-0.39, 0.29) is 11.7 Å². The maximum Gasteiger partial charge on any atom is 0.254 e. The number of nitrogens with zero attached hydrogens (tertiary/aromatic N) is 1. The SMILES string of the molecule is CN(CSc1c[nH]c2ccc(F)cc12)C(=O)c1ccccc1. The molecule has 0 unspecified atom stereocenters. The average Bonchev–Trinajstić information content (AvgIpc) is 2.95. The molecule has 0 aliphatic rings. The summed E-state index contributed by atoms with van der Waals surface area (Å²) in [5.74, 6) is 0.207. The Labute approximate surface area is 132 Å². The highest BCUT2D eigenvalue weighted by atomic mass is 32.2. The number of aromatic nitrogens is 1. The van der Waals surface area contributed by atoms with Crippen molar-refractivity contribution in [1.82, 2.24) is 9.88 Å². The van der Waals surface area contributed by atoms with Gasteiger partial charge in [0.15, 0.2) is 0 Å². The molecular formula is C17H15FN2OS. The van der Waals surface area contributed by atoms with E-state index in [4.69, 9.17) is 0 Å². The van der Waals surface area contributed by atoms with Gasteiger partial charge < -0.3 is 9.88 Å². The van der Waals surface area contributed by atoms with Gasteiger partial charge in [-0.15, -0.1) is 11.8 Å². The van der Waals surface area contributed by atoms with Crippen LogP contribution in [0.1, 0.15) is 10.4 Å². The van der Waals surface area contributed by atoms with Gasteiger partial charge in [-0.05, 0) is 30.3 Å². The summed E-state index contributed by atoms with van der Waals surface area (Å²) >= 11 is 1.50. The summed E-state index contributed by atoms with van der Waals surface area (Å²) in [5, 5.41) is 0.838. The minimum atomic E-state index is -0.261. The van der Waals surface area contributed by atoms with E-state index in [0.717, 1.165) is 15.8 Å². The van der Waals surface area contributed by atoms with Gasteiger partial charge in [0.25, 0.3) is 5.91 Å². The van der Waals surface area contributed by atoms with E-state index in [2.05, 4.69) is 4.98 Å². The van der Waals surface area contributed by atoms with Gasteiger partial charge in [-0.2, -0.15) is 0 Å². The van der Waals surface area contributed by atoms with Crippen molar-refractivity contribution in [3.63, 3.8) is 0 Å². The Morgan fingerprint density at radius 2 is 2.00 bits per heavy atom. The second kappa shape index (κ2) is 6.23. The number of carbonyl (C=O) groups excluding carboxylic acids is 1. The molecule has 0 saturated heterocycles. The molecule has 112 valence electrons. The van der Waals surface area contributed by atoms with Gasteiger partial charge in [0, 0.05) is 34.6 Å². The highest BCUT2D eigenvalue weighted by Crippen LogP contribution is 2.28. The van der Waals surface area contributed by atoms with Crippen LogP contribution in [-0.4, -0.2) is 28.7 Å². The molecule has 1 heterocycles. The molecule has 2 aromatic carbocycles. The third kappa shape index (κ3) is 2.99. The summed E-state index contributed by atoms with van der Waals surface area (Å²) < 4.78 is 13.4. The fourth-order valence-electron chi connectivity index (χ4n) is 2.21. The lowest BCUT2D eigenvalue weighted by atomic mass is 10.2. The molecular weight excluding hydrogens is 299 g/mol. The normalized spacial score (nSPS) is 10.8. The highest BCUT2D eigenvalue weighted by Gasteiger charge is 2.12. The number of benzene rings is 2. The van der Waals surface area contributed by atoms with E-state index in [1.807, 2.05) is 24.4 Å². The number of aromatic amines is 1. The summed E-state index contributed by atoms with van der Waals surface area (Å²) in [4.78, 5) is 18.0. The van der Waals surface area contributed by atoms with E-state index in [0.29, 0.717) is 11.4 Å². The molecule has 0 fully saturated rings. The van der Waals surface area contributed by atoms with Gasteiger partial charge in [0.1, 0.15) is 5.82 Å². The van der Waals surface area contributed by atoms with Crippen molar-refractivity contribution in [2.45, 2.75) is 4.90 Å². The Kier molecular flexibility index (Phi) is 4.15. The maximum absolute atomic E-state index is 13.4. The number of nitrogens with one attached hydrogen (secondary N) is 1. The van der Waals surface area contributed by atoms with E-state index in [9.17, 15) is 9.18 Å². The number of H-pyrrole nitrogens is 1. The molecule has 0 bridgehead atoms. The quantitative estimate of drug-likeness (QED) is 0.580. The van der Waals surface area contributed by atoms with Crippen molar-refractivity contribution in [2.24, 2.45) is 0 Å². The number of rotatable bonds is 4. The first kappa shape index (κ1) is 14.7. The Morgan fingerprint density at radius 3 is 2.77 bits per heavy atom. The van der Waals surface area contributed by atoms with Crippen LogP contribution in [0, 0.1) is 5.82 Å². The minimum Gasteiger partial charge on any atom is -0.360 e. The second-order valence-electron chi connectivity index (χ2n) is 4.99. The molecule has 5 heteroatoms. The molecule has 3 nitrogen and oxygen atoms in total. The monoisotopic (exact) mass is 314 g/mol. The lowest BCUT2D eigenvalue weighted by Crippen LogP contribution is -2.26. The number of carbonyl (C=O) groups is 1. The molecule has 1 N–H and O–H groups in total. The Hall–Kier alpha value is -2.27. The summed E-state index contributed by atoms with van der Waals surface area (Å²) in [6.45, 7) is 0. The van der Waals surface area contributed by atoms with Gasteiger partial charge >= 0.3 is 0 Å². The molecule has 3 rings (SSSR count). The molecule has 0 radical (unpaired) electrons. The van der Waals surface area contributed by atoms with Crippen molar-refractivity contribution < 1.29 is 9.18 Å². The standard InChI is InChI=1S/C17H15FN2OS/c1-20(17(21)12-5-3-2-4-6-12)11-22-16-10-19-15-8-7-13(18)9-14(15)16/h2-10,19H,11H2,1H3. The Morgan fingerprint density at radius 1 is 1.23 bits per heavy atom. The third-order valence-corrected chi connectivity index (χ3v) is 4.55. The van der Waals surface area contributed by atoms with Crippen LogP contribution in [0.4, 0.5) is 4.39 Å². The number of halogens is 1. The molecule has 0 aliphatic carbocycles. The van der Waals surface area contributed by atoms with Crippen molar-refractivity contribution in [1.29, 1.82) is 0 Å². The predicted octanol–water partition coefficient (Wildman–Crippen LogP) is 4.13. The number of hydrogen-bond donors (Lipinski definition) is 1. The van der Waals surface area contributed by atoms with Gasteiger partial charge in [-0.3, -0.25) is 4.79 Å². The Balaban J connectivity index is 1.71. The smallest absolute Gasteiger partial charge is 0.254 e. The zero-order valence-corrected chi connectivity index (χ0v) is 12.9. The zero-order chi connectivity index (χ0) is 15.5. The van der Waals surface area contributed by atoms with Crippen LogP contribution >= 0.6 is 11.8 Å². The molecule has 1 amide bonds. The lowest BCUT2D eigenvalue weighted by molar-refractivity contribution is 0.0820. The van der Waals surface area contributed by atoms with E-state index in [1.54, 1.807) is 30.1 Å². The number of fused-ring (bicyclic) bond motifs is 1. The lowest BCUT2D eigenvalue weighted by Gasteiger charge is -2.16. The molecule has 0 atom stereocenters. The molecule has 3 aromatic rings. The maximum atomic E-state index is 13.4. The summed E-state index contributed by atoms with van der Waals surface area (Å²) in [7, 11) is 1.76. The first-order chi connectivity index (χ1) is 10.6. The van der Waals surface area contributed by atoms with E-state index >= 15 is 0 Å². The van der Waals surface area contributed by atoms with E-state index in [1.165, 1.54) is 23.9 Å². The van der Waals surface area contributed by atoms with Crippen LogP contribution in [0.15, 0.2) is 59.6 Å². The van der Waals surface area contributed by atoms with Crippen LogP contribution in [-0.2, 0) is 0 Å². The van der Waals surface area contributed by atoms with Crippen molar-refractivity contribution >= 4 is 28.6 Å². The highest BCUT2D eigenvalue weighted by molar-refractivity contribution is 7.99. The van der Waals surface area contributed by atoms with Crippen molar-refractivity contribution in [3.8, 4) is 0 Å². The summed E-state index contributed by atoms with van der Waals surface area (Å²) in [6.07, 6.45) is 1.84. The van der Waals surface area contributed by atoms with Crippen LogP contribution < -0.4 is 0 Å². The largest absolute Gasteiger partial charge is 0.360 e. The van der Waals surface area contributed by atoms with Crippen molar-refractivity contribution in [2.75, 3.05) is 12.9 Å². The Bertz CT molecular complexity index is 801. The second-order valence-corrected chi connectivity index (χ2v) is 5.97. The first-order valence-corrected chi connectivity index (χ1v) is 7.83. The molecule has 22 heavy (non-hydrogen) atoms. The van der Waals surface area contributed by atoms with Gasteiger partial charge in [0.2, 0.25) is 0 Å². The van der Waals surface area contributed by atoms with E-state index < -0.39 is 0 Å². The predicted molar refractivity (Wildman–Crippen MR) is 87.5 cm³/mol. The van der Waals surface area contributed by atoms with Crippen molar-refractivity contribution in [3.05, 3.63) is 66.1 Å². The van der Waals surface area contributed by atoms with Gasteiger partial charge in [-0.1, -0.05) is 18.2 Å². The molecule has 0 saturated carbocycles. The van der Waals surface area contributed by atoms with Gasteiger partial charge in [-0.25, -0.2) is 4.39 Å². The zero-order valence-electron chi connectivity index (χ0n) is 12.0. The minimum absolute atomic E-state index is 0.0286. The summed E-state index contributed by atoms with van der Waals surface area (Å²) in [5.41, 5.74) is 1.55. The number of amides is 1. The number of thioether (sulfide) groups is 1. The number of hydrogen-bond acceptors (Lipinski definition) is 2. The van der Waals surface area contributed by atoms with Gasteiger partial charge in [0.05, 0.1) is 5.88 Å².